The van der Waals surface area contributed by atoms with E-state index in [1.165, 1.54) is 13.3 Å². The van der Waals surface area contributed by atoms with Crippen LogP contribution < -0.4 is 0 Å². The predicted molar refractivity (Wildman–Crippen MR) is 142 cm³/mol. The average Bonchev–Trinajstić information content (AvgIpc) is 2.82. The maximum absolute atomic E-state index is 12.6. The predicted octanol–water partition coefficient (Wildman–Crippen LogP) is 5.67. The van der Waals surface area contributed by atoms with Gasteiger partial charge in [-0.3, -0.25) is 9.89 Å². The number of esters is 1. The number of nitrogens with zero attached hydrogens (tertiary/aromatic N) is 3. The second-order valence-corrected chi connectivity index (χ2v) is 9.70. The van der Waals surface area contributed by atoms with Gasteiger partial charge in [-0.25, -0.2) is 9.59 Å². The van der Waals surface area contributed by atoms with Crippen LogP contribution in [0, 0.1) is 0 Å². The van der Waals surface area contributed by atoms with E-state index in [0.29, 0.717) is 43.2 Å². The monoisotopic (exact) mass is 501 g/mol. The molecule has 0 N–H and O–H groups in total. The molecule has 1 unspecified atom stereocenters. The number of hydrogen-bond acceptors (Lipinski definition) is 6. The lowest BCUT2D eigenvalue weighted by atomic mass is 9.88. The standard InChI is InChI=1S/C27H36ClN3O4/c1-9-18(3)23(29-10-2)24(21-12-11-20(28)17-22(21)19(4)25(32)34-8)30-13-15-31(16-14-30)26(33)35-27(5,6)7/h10-12,17,24H,2-4,9,13-16H2,1,5-8H3. The number of hydrogen-bond donors (Lipinski definition) is 0. The molecule has 1 heterocycles. The van der Waals surface area contributed by atoms with Gasteiger partial charge in [-0.05, 0) is 56.0 Å². The molecule has 190 valence electrons. The maximum atomic E-state index is 12.6. The lowest BCUT2D eigenvalue weighted by Gasteiger charge is -2.41. The molecule has 0 aromatic heterocycles. The molecule has 1 amide bonds. The molecular formula is C27H36ClN3O4. The number of benzene rings is 1. The van der Waals surface area contributed by atoms with Crippen LogP contribution in [0.2, 0.25) is 5.02 Å². The van der Waals surface area contributed by atoms with E-state index in [2.05, 4.69) is 29.6 Å². The van der Waals surface area contributed by atoms with E-state index in [1.54, 1.807) is 17.0 Å². The van der Waals surface area contributed by atoms with Crippen molar-refractivity contribution in [1.82, 2.24) is 9.80 Å². The second-order valence-electron chi connectivity index (χ2n) is 9.26. The summed E-state index contributed by atoms with van der Waals surface area (Å²) in [6, 6.07) is 4.99. The smallest absolute Gasteiger partial charge is 0.410 e. The Morgan fingerprint density at radius 2 is 1.83 bits per heavy atom. The molecule has 0 bridgehead atoms. The third-order valence-corrected chi connectivity index (χ3v) is 5.91. The van der Waals surface area contributed by atoms with Crippen molar-refractivity contribution in [3.8, 4) is 0 Å². The summed E-state index contributed by atoms with van der Waals surface area (Å²) in [5.41, 5.74) is 2.58. The number of ether oxygens (including phenoxy) is 2. The first-order valence-electron chi connectivity index (χ1n) is 11.6. The third kappa shape index (κ3) is 7.29. The van der Waals surface area contributed by atoms with Gasteiger partial charge in [-0.15, -0.1) is 0 Å². The molecule has 2 rings (SSSR count). The maximum Gasteiger partial charge on any atom is 0.410 e. The van der Waals surface area contributed by atoms with E-state index in [-0.39, 0.29) is 17.7 Å². The summed E-state index contributed by atoms with van der Waals surface area (Å²) in [5.74, 6) is -0.543. The van der Waals surface area contributed by atoms with Crippen molar-refractivity contribution in [3.05, 3.63) is 65.9 Å². The van der Waals surface area contributed by atoms with Crippen LogP contribution in [0.1, 0.15) is 51.3 Å². The van der Waals surface area contributed by atoms with Gasteiger partial charge in [0.15, 0.2) is 0 Å². The first-order chi connectivity index (χ1) is 16.4. The minimum absolute atomic E-state index is 0.197. The molecule has 1 atom stereocenters. The quantitative estimate of drug-likeness (QED) is 0.261. The molecule has 1 aromatic rings. The van der Waals surface area contributed by atoms with Crippen molar-refractivity contribution in [2.45, 2.75) is 45.8 Å². The molecule has 0 radical (unpaired) electrons. The van der Waals surface area contributed by atoms with E-state index in [1.807, 2.05) is 33.8 Å². The summed E-state index contributed by atoms with van der Waals surface area (Å²) in [6.45, 7) is 21.6. The molecule has 1 aliphatic heterocycles. The van der Waals surface area contributed by atoms with Crippen LogP contribution in [0.4, 0.5) is 4.79 Å². The molecule has 0 aliphatic carbocycles. The topological polar surface area (TPSA) is 71.4 Å². The third-order valence-electron chi connectivity index (χ3n) is 5.68. The summed E-state index contributed by atoms with van der Waals surface area (Å²) in [4.78, 5) is 33.5. The minimum atomic E-state index is -0.564. The highest BCUT2D eigenvalue weighted by Crippen LogP contribution is 2.35. The van der Waals surface area contributed by atoms with Gasteiger partial charge in [0, 0.05) is 37.4 Å². The molecule has 8 heteroatoms. The molecule has 0 spiro atoms. The van der Waals surface area contributed by atoms with Gasteiger partial charge in [0.25, 0.3) is 0 Å². The van der Waals surface area contributed by atoms with E-state index in [4.69, 9.17) is 21.1 Å². The van der Waals surface area contributed by atoms with E-state index >= 15 is 0 Å². The van der Waals surface area contributed by atoms with E-state index in [9.17, 15) is 9.59 Å². The summed E-state index contributed by atoms with van der Waals surface area (Å²) in [5, 5.41) is 0.471. The highest BCUT2D eigenvalue weighted by Gasteiger charge is 2.34. The Hall–Kier alpha value is -2.90. The van der Waals surface area contributed by atoms with Crippen LogP contribution in [0.3, 0.4) is 0 Å². The Labute approximate surface area is 213 Å². The zero-order chi connectivity index (χ0) is 26.3. The molecule has 1 aromatic carbocycles. The summed E-state index contributed by atoms with van der Waals surface area (Å²) in [6.07, 6.45) is 1.84. The molecule has 35 heavy (non-hydrogen) atoms. The molecule has 0 saturated carbocycles. The Morgan fingerprint density at radius 3 is 2.34 bits per heavy atom. The average molecular weight is 502 g/mol. The van der Waals surface area contributed by atoms with Gasteiger partial charge in [-0.1, -0.05) is 44.3 Å². The van der Waals surface area contributed by atoms with Crippen LogP contribution in [0.15, 0.2) is 54.7 Å². The van der Waals surface area contributed by atoms with Crippen LogP contribution in [-0.2, 0) is 14.3 Å². The number of rotatable bonds is 8. The van der Waals surface area contributed by atoms with Crippen LogP contribution in [0.5, 0.6) is 0 Å². The summed E-state index contributed by atoms with van der Waals surface area (Å²) < 4.78 is 10.5. The minimum Gasteiger partial charge on any atom is -0.465 e. The Balaban J connectivity index is 2.52. The fourth-order valence-electron chi connectivity index (χ4n) is 3.90. The molecule has 1 aliphatic rings. The van der Waals surface area contributed by atoms with Gasteiger partial charge in [-0.2, -0.15) is 0 Å². The van der Waals surface area contributed by atoms with Gasteiger partial charge >= 0.3 is 12.1 Å². The molecule has 7 nitrogen and oxygen atoms in total. The van der Waals surface area contributed by atoms with Crippen LogP contribution in [0.25, 0.3) is 5.57 Å². The summed E-state index contributed by atoms with van der Waals surface area (Å²) >= 11 is 6.31. The number of piperazine rings is 1. The molecule has 1 saturated heterocycles. The first-order valence-corrected chi connectivity index (χ1v) is 12.0. The van der Waals surface area contributed by atoms with Crippen molar-refractivity contribution < 1.29 is 19.1 Å². The lowest BCUT2D eigenvalue weighted by Crippen LogP contribution is -2.52. The zero-order valence-corrected chi connectivity index (χ0v) is 22.2. The number of carbonyl (C=O) groups is 2. The second kappa shape index (κ2) is 12.2. The van der Waals surface area contributed by atoms with Crippen LogP contribution in [-0.4, -0.2) is 66.5 Å². The molecular weight excluding hydrogens is 466 g/mol. The van der Waals surface area contributed by atoms with Crippen LogP contribution >= 0.6 is 11.6 Å². The van der Waals surface area contributed by atoms with Gasteiger partial charge < -0.3 is 14.4 Å². The number of methoxy groups -OCH3 is 1. The van der Waals surface area contributed by atoms with Crippen molar-refractivity contribution in [1.29, 1.82) is 0 Å². The number of halogens is 1. The van der Waals surface area contributed by atoms with Crippen molar-refractivity contribution in [2.75, 3.05) is 33.3 Å². The highest BCUT2D eigenvalue weighted by atomic mass is 35.5. The highest BCUT2D eigenvalue weighted by molar-refractivity contribution is 6.31. The van der Waals surface area contributed by atoms with Gasteiger partial charge in [0.05, 0.1) is 24.4 Å². The van der Waals surface area contributed by atoms with E-state index in [0.717, 1.165) is 16.8 Å². The lowest BCUT2D eigenvalue weighted by molar-refractivity contribution is -0.133. The van der Waals surface area contributed by atoms with Crippen molar-refractivity contribution >= 4 is 34.9 Å². The zero-order valence-electron chi connectivity index (χ0n) is 21.4. The SMILES string of the molecule is C=CN=C(C(=C)CC)C(c1ccc(Cl)cc1C(=C)C(=O)OC)N1CCN(C(=O)OC(C)(C)C)CC1. The van der Waals surface area contributed by atoms with Gasteiger partial charge in [0.1, 0.15) is 5.60 Å². The Bertz CT molecular complexity index is 1020. The van der Waals surface area contributed by atoms with Crippen molar-refractivity contribution in [3.63, 3.8) is 0 Å². The summed E-state index contributed by atoms with van der Waals surface area (Å²) in [7, 11) is 1.31. The molecule has 1 fully saturated rings. The normalized spacial score (nSPS) is 15.8. The van der Waals surface area contributed by atoms with Crippen molar-refractivity contribution in [2.24, 2.45) is 4.99 Å². The number of carbonyl (C=O) groups excluding carboxylic acids is 2. The number of amides is 1. The fourth-order valence-corrected chi connectivity index (χ4v) is 4.07. The van der Waals surface area contributed by atoms with Gasteiger partial charge in [0.2, 0.25) is 0 Å². The number of aliphatic imine (C=N–C) groups is 1. The van der Waals surface area contributed by atoms with E-state index < -0.39 is 11.6 Å². The Morgan fingerprint density at radius 1 is 1.20 bits per heavy atom. The Kier molecular flexibility index (Phi) is 9.86. The first kappa shape index (κ1) is 28.3. The fraction of sp³-hybridized carbons (Fsp3) is 0.444. The largest absolute Gasteiger partial charge is 0.465 e.